The van der Waals surface area contributed by atoms with Crippen LogP contribution < -0.4 is 36.1 Å². The van der Waals surface area contributed by atoms with Gasteiger partial charge in [0.05, 0.1) is 29.7 Å². The van der Waals surface area contributed by atoms with Crippen molar-refractivity contribution in [3.63, 3.8) is 0 Å². The Hall–Kier alpha value is -4.85. The number of halogens is 2. The first-order chi connectivity index (χ1) is 24.4. The van der Waals surface area contributed by atoms with Gasteiger partial charge < -0.3 is 30.7 Å². The highest BCUT2D eigenvalue weighted by atomic mass is 35.5. The number of rotatable bonds is 14. The van der Waals surface area contributed by atoms with Crippen molar-refractivity contribution in [2.24, 2.45) is 5.41 Å². The SMILES string of the molecule is CN[C@@H](C)C(=O)N[C@H](C(=O)NC(=O)[C@@H]1CCCN1)C(C)(C)Cc1cc2c(Nc3ccc(OCc4cccc(F)c4)c(Cl)c3)ncnc2cc1OC. The van der Waals surface area contributed by atoms with Crippen LogP contribution in [0.15, 0.2) is 60.9 Å². The molecule has 51 heavy (non-hydrogen) atoms. The Morgan fingerprint density at radius 2 is 1.88 bits per heavy atom. The van der Waals surface area contributed by atoms with E-state index in [2.05, 4.69) is 36.6 Å². The number of fused-ring (bicyclic) bond motifs is 1. The average Bonchev–Trinajstić information content (AvgIpc) is 3.65. The normalized spacial score (nSPS) is 15.5. The van der Waals surface area contributed by atoms with Crippen LogP contribution in [0.25, 0.3) is 10.9 Å². The van der Waals surface area contributed by atoms with Crippen LogP contribution in [0.5, 0.6) is 11.5 Å². The number of hydrogen-bond donors (Lipinski definition) is 5. The van der Waals surface area contributed by atoms with E-state index in [0.29, 0.717) is 57.5 Å². The summed E-state index contributed by atoms with van der Waals surface area (Å²) in [7, 11) is 3.20. The fourth-order valence-corrected chi connectivity index (χ4v) is 6.21. The number of nitrogens with zero attached hydrogens (tertiary/aromatic N) is 2. The first-order valence-corrected chi connectivity index (χ1v) is 17.1. The van der Waals surface area contributed by atoms with Crippen molar-refractivity contribution in [1.29, 1.82) is 0 Å². The molecule has 4 aromatic rings. The summed E-state index contributed by atoms with van der Waals surface area (Å²) in [5.41, 5.74) is 1.73. The molecule has 1 aliphatic heterocycles. The summed E-state index contributed by atoms with van der Waals surface area (Å²) >= 11 is 6.56. The summed E-state index contributed by atoms with van der Waals surface area (Å²) < 4.78 is 25.2. The number of ether oxygens (including phenoxy) is 2. The van der Waals surface area contributed by atoms with Crippen molar-refractivity contribution >= 4 is 51.7 Å². The zero-order valence-corrected chi connectivity index (χ0v) is 30.0. The lowest BCUT2D eigenvalue weighted by atomic mass is 9.77. The Kier molecular flexibility index (Phi) is 12.1. The molecule has 0 unspecified atom stereocenters. The highest BCUT2D eigenvalue weighted by Gasteiger charge is 2.39. The molecule has 1 aromatic heterocycles. The van der Waals surface area contributed by atoms with Gasteiger partial charge in [0, 0.05) is 17.1 Å². The van der Waals surface area contributed by atoms with Crippen LogP contribution in [0.1, 0.15) is 44.7 Å². The Bertz CT molecular complexity index is 1900. The molecule has 0 radical (unpaired) electrons. The maximum absolute atomic E-state index is 13.7. The van der Waals surface area contributed by atoms with E-state index >= 15 is 0 Å². The van der Waals surface area contributed by atoms with Crippen molar-refractivity contribution in [1.82, 2.24) is 31.2 Å². The van der Waals surface area contributed by atoms with E-state index in [-0.39, 0.29) is 24.8 Å². The molecule has 0 saturated carbocycles. The molecule has 3 amide bonds. The number of anilines is 2. The van der Waals surface area contributed by atoms with E-state index in [1.54, 1.807) is 57.5 Å². The third-order valence-corrected chi connectivity index (χ3v) is 9.24. The van der Waals surface area contributed by atoms with Gasteiger partial charge in [0.1, 0.15) is 42.1 Å². The Morgan fingerprint density at radius 3 is 2.57 bits per heavy atom. The fourth-order valence-electron chi connectivity index (χ4n) is 5.97. The van der Waals surface area contributed by atoms with E-state index in [1.165, 1.54) is 18.5 Å². The van der Waals surface area contributed by atoms with E-state index < -0.39 is 35.4 Å². The smallest absolute Gasteiger partial charge is 0.249 e. The molecular weight excluding hydrogens is 677 g/mol. The summed E-state index contributed by atoms with van der Waals surface area (Å²) in [6.07, 6.45) is 3.17. The van der Waals surface area contributed by atoms with Gasteiger partial charge in [-0.3, -0.25) is 19.7 Å². The van der Waals surface area contributed by atoms with Crippen molar-refractivity contribution in [3.05, 3.63) is 82.9 Å². The Morgan fingerprint density at radius 1 is 1.08 bits per heavy atom. The van der Waals surface area contributed by atoms with Crippen LogP contribution >= 0.6 is 11.6 Å². The largest absolute Gasteiger partial charge is 0.496 e. The van der Waals surface area contributed by atoms with E-state index in [9.17, 15) is 18.8 Å². The van der Waals surface area contributed by atoms with Gasteiger partial charge in [0.15, 0.2) is 0 Å². The molecule has 270 valence electrons. The van der Waals surface area contributed by atoms with Crippen molar-refractivity contribution in [2.45, 2.75) is 64.8 Å². The highest BCUT2D eigenvalue weighted by Crippen LogP contribution is 2.36. The lowest BCUT2D eigenvalue weighted by Gasteiger charge is -2.35. The number of imide groups is 1. The lowest BCUT2D eigenvalue weighted by Crippen LogP contribution is -2.59. The minimum absolute atomic E-state index is 0.149. The van der Waals surface area contributed by atoms with E-state index in [0.717, 1.165) is 12.0 Å². The number of aromatic nitrogens is 2. The van der Waals surface area contributed by atoms with Crippen LogP contribution in [0.4, 0.5) is 15.9 Å². The van der Waals surface area contributed by atoms with Crippen LogP contribution in [-0.4, -0.2) is 66.5 Å². The van der Waals surface area contributed by atoms with Gasteiger partial charge in [-0.25, -0.2) is 14.4 Å². The molecule has 0 spiro atoms. The predicted octanol–water partition coefficient (Wildman–Crippen LogP) is 4.81. The lowest BCUT2D eigenvalue weighted by molar-refractivity contribution is -0.137. The summed E-state index contributed by atoms with van der Waals surface area (Å²) in [6.45, 7) is 6.24. The second kappa shape index (κ2) is 16.4. The predicted molar refractivity (Wildman–Crippen MR) is 194 cm³/mol. The average molecular weight is 720 g/mol. The third kappa shape index (κ3) is 9.29. The number of nitrogens with one attached hydrogen (secondary N) is 5. The number of benzene rings is 3. The van der Waals surface area contributed by atoms with E-state index in [4.69, 9.17) is 21.1 Å². The molecule has 0 bridgehead atoms. The molecule has 1 fully saturated rings. The summed E-state index contributed by atoms with van der Waals surface area (Å²) in [4.78, 5) is 48.6. The molecule has 3 aromatic carbocycles. The molecule has 2 heterocycles. The molecule has 12 nitrogen and oxygen atoms in total. The monoisotopic (exact) mass is 719 g/mol. The van der Waals surface area contributed by atoms with Crippen molar-refractivity contribution in [2.75, 3.05) is 26.0 Å². The van der Waals surface area contributed by atoms with Crippen LogP contribution in [0.2, 0.25) is 5.02 Å². The van der Waals surface area contributed by atoms with Gasteiger partial charge in [-0.05, 0) is 92.7 Å². The second-order valence-corrected chi connectivity index (χ2v) is 13.6. The van der Waals surface area contributed by atoms with Crippen LogP contribution in [0.3, 0.4) is 0 Å². The molecule has 3 atom stereocenters. The number of carbonyl (C=O) groups excluding carboxylic acids is 3. The number of hydrogen-bond acceptors (Lipinski definition) is 10. The first kappa shape index (κ1) is 37.4. The van der Waals surface area contributed by atoms with Crippen LogP contribution in [-0.2, 0) is 27.4 Å². The summed E-state index contributed by atoms with van der Waals surface area (Å²) in [5.74, 6) is -0.286. The maximum Gasteiger partial charge on any atom is 0.249 e. The fraction of sp³-hybridized carbons (Fsp3) is 0.378. The first-order valence-electron chi connectivity index (χ1n) is 16.7. The minimum Gasteiger partial charge on any atom is -0.496 e. The standard InChI is InChI=1S/C37H43ClFN7O5/c1-21(40-4)34(47)45-32(36(49)46-35(48)28-10-7-13-41-28)37(2,3)18-23-15-26-29(17-31(23)50-5)42-20-43-33(26)44-25-11-12-30(27(38)16-25)51-19-22-8-6-9-24(39)14-22/h6,8-9,11-12,14-17,20-21,28,32,40-41H,7,10,13,18-19H2,1-5H3,(H,45,47)(H,42,43,44)(H,46,48,49)/t21-,28-,32+/m0/s1. The van der Waals surface area contributed by atoms with Crippen molar-refractivity contribution < 1.29 is 28.2 Å². The van der Waals surface area contributed by atoms with Gasteiger partial charge in [-0.2, -0.15) is 0 Å². The zero-order chi connectivity index (χ0) is 36.7. The topological polar surface area (TPSA) is 156 Å². The molecule has 14 heteroatoms. The van der Waals surface area contributed by atoms with Gasteiger partial charge in [0.25, 0.3) is 0 Å². The summed E-state index contributed by atoms with van der Waals surface area (Å²) in [6, 6.07) is 12.9. The third-order valence-electron chi connectivity index (χ3n) is 8.94. The van der Waals surface area contributed by atoms with Crippen LogP contribution in [0, 0.1) is 11.2 Å². The number of carbonyl (C=O) groups is 3. The minimum atomic E-state index is -1.07. The molecule has 1 saturated heterocycles. The summed E-state index contributed by atoms with van der Waals surface area (Å²) in [5, 5.41) is 15.7. The Balaban J connectivity index is 1.40. The van der Waals surface area contributed by atoms with Gasteiger partial charge in [-0.15, -0.1) is 0 Å². The number of amides is 3. The molecule has 5 N–H and O–H groups in total. The number of methoxy groups -OCH3 is 1. The van der Waals surface area contributed by atoms with Gasteiger partial charge >= 0.3 is 0 Å². The highest BCUT2D eigenvalue weighted by molar-refractivity contribution is 6.32. The Labute approximate surface area is 301 Å². The quantitative estimate of drug-likeness (QED) is 0.123. The van der Waals surface area contributed by atoms with Gasteiger partial charge in [0.2, 0.25) is 17.7 Å². The molecule has 5 rings (SSSR count). The number of likely N-dealkylation sites (N-methyl/N-ethyl adjacent to an activating group) is 1. The molecule has 1 aliphatic rings. The zero-order valence-electron chi connectivity index (χ0n) is 29.2. The van der Waals surface area contributed by atoms with Crippen molar-refractivity contribution in [3.8, 4) is 11.5 Å². The molecule has 0 aliphatic carbocycles. The van der Waals surface area contributed by atoms with E-state index in [1.807, 2.05) is 19.9 Å². The van der Waals surface area contributed by atoms with Gasteiger partial charge in [-0.1, -0.05) is 37.6 Å². The maximum atomic E-state index is 13.7. The second-order valence-electron chi connectivity index (χ2n) is 13.2. The molecular formula is C37H43ClFN7O5.